The second-order valence-corrected chi connectivity index (χ2v) is 4.26. The fourth-order valence-electron chi connectivity index (χ4n) is 1.56. The van der Waals surface area contributed by atoms with Crippen LogP contribution in [0.5, 0.6) is 0 Å². The minimum absolute atomic E-state index is 0.168. The molecule has 0 spiro atoms. The lowest BCUT2D eigenvalue weighted by Crippen LogP contribution is -2.12. The van der Waals surface area contributed by atoms with Gasteiger partial charge in [0, 0.05) is 24.2 Å². The SMILES string of the molecule is CC(C)Cc1cc(=O)[nH]c(-c2ncccn2)n1. The maximum atomic E-state index is 11.5. The fraction of sp³-hybridized carbons (Fsp3) is 0.333. The highest BCUT2D eigenvalue weighted by Gasteiger charge is 2.07. The molecule has 0 saturated carbocycles. The van der Waals surface area contributed by atoms with E-state index in [-0.39, 0.29) is 5.56 Å². The normalized spacial score (nSPS) is 10.8. The van der Waals surface area contributed by atoms with Crippen LogP contribution in [0.2, 0.25) is 0 Å². The lowest BCUT2D eigenvalue weighted by atomic mass is 10.1. The Kier molecular flexibility index (Phi) is 3.27. The predicted molar refractivity (Wildman–Crippen MR) is 64.4 cm³/mol. The molecule has 0 atom stereocenters. The molecule has 0 radical (unpaired) electrons. The molecular weight excluding hydrogens is 216 g/mol. The van der Waals surface area contributed by atoms with Crippen LogP contribution in [-0.2, 0) is 6.42 Å². The molecule has 2 aromatic heterocycles. The van der Waals surface area contributed by atoms with Gasteiger partial charge in [-0.1, -0.05) is 13.8 Å². The van der Waals surface area contributed by atoms with Gasteiger partial charge in [0.05, 0.1) is 0 Å². The van der Waals surface area contributed by atoms with Crippen LogP contribution in [0.1, 0.15) is 19.5 Å². The van der Waals surface area contributed by atoms with Gasteiger partial charge in [0.15, 0.2) is 11.6 Å². The Bertz CT molecular complexity index is 548. The first kappa shape index (κ1) is 11.4. The lowest BCUT2D eigenvalue weighted by molar-refractivity contribution is 0.633. The third kappa shape index (κ3) is 2.96. The first-order valence-electron chi connectivity index (χ1n) is 5.53. The van der Waals surface area contributed by atoms with E-state index in [1.54, 1.807) is 18.5 Å². The van der Waals surface area contributed by atoms with E-state index in [0.717, 1.165) is 12.1 Å². The van der Waals surface area contributed by atoms with Crippen LogP contribution in [0.25, 0.3) is 11.6 Å². The van der Waals surface area contributed by atoms with E-state index in [0.29, 0.717) is 17.6 Å². The Labute approximate surface area is 99.0 Å². The maximum absolute atomic E-state index is 11.5. The first-order valence-corrected chi connectivity index (χ1v) is 5.53. The summed E-state index contributed by atoms with van der Waals surface area (Å²) in [4.78, 5) is 26.7. The number of hydrogen-bond acceptors (Lipinski definition) is 4. The molecule has 2 heterocycles. The molecule has 17 heavy (non-hydrogen) atoms. The molecule has 0 aliphatic rings. The van der Waals surface area contributed by atoms with Crippen LogP contribution in [0.15, 0.2) is 29.3 Å². The van der Waals surface area contributed by atoms with Gasteiger partial charge in [0.2, 0.25) is 0 Å². The van der Waals surface area contributed by atoms with Crippen molar-refractivity contribution in [3.63, 3.8) is 0 Å². The molecule has 0 aliphatic carbocycles. The van der Waals surface area contributed by atoms with Gasteiger partial charge < -0.3 is 4.98 Å². The summed E-state index contributed by atoms with van der Waals surface area (Å²) in [7, 11) is 0. The number of aromatic amines is 1. The van der Waals surface area contributed by atoms with E-state index in [9.17, 15) is 4.79 Å². The van der Waals surface area contributed by atoms with E-state index in [2.05, 4.69) is 33.8 Å². The molecule has 5 heteroatoms. The van der Waals surface area contributed by atoms with E-state index in [4.69, 9.17) is 0 Å². The highest BCUT2D eigenvalue weighted by Crippen LogP contribution is 2.08. The smallest absolute Gasteiger partial charge is 0.251 e. The van der Waals surface area contributed by atoms with Gasteiger partial charge in [-0.3, -0.25) is 4.79 Å². The van der Waals surface area contributed by atoms with Crippen molar-refractivity contribution in [1.29, 1.82) is 0 Å². The van der Waals surface area contributed by atoms with Crippen molar-refractivity contribution in [2.24, 2.45) is 5.92 Å². The Morgan fingerprint density at radius 1 is 1.29 bits per heavy atom. The van der Waals surface area contributed by atoms with Gasteiger partial charge in [0.1, 0.15) is 0 Å². The highest BCUT2D eigenvalue weighted by atomic mass is 16.1. The van der Waals surface area contributed by atoms with Crippen molar-refractivity contribution in [3.05, 3.63) is 40.6 Å². The number of aromatic nitrogens is 4. The van der Waals surface area contributed by atoms with Gasteiger partial charge in [-0.2, -0.15) is 0 Å². The summed E-state index contributed by atoms with van der Waals surface area (Å²) in [5, 5.41) is 0. The molecule has 2 rings (SSSR count). The molecule has 0 aliphatic heterocycles. The van der Waals surface area contributed by atoms with E-state index in [1.807, 2.05) is 0 Å². The average Bonchev–Trinajstić information content (AvgIpc) is 2.28. The molecule has 0 bridgehead atoms. The van der Waals surface area contributed by atoms with E-state index >= 15 is 0 Å². The van der Waals surface area contributed by atoms with Crippen LogP contribution in [0.4, 0.5) is 0 Å². The van der Waals surface area contributed by atoms with E-state index < -0.39 is 0 Å². The van der Waals surface area contributed by atoms with Crippen molar-refractivity contribution in [2.45, 2.75) is 20.3 Å². The maximum Gasteiger partial charge on any atom is 0.251 e. The molecule has 0 saturated heterocycles. The molecular formula is C12H14N4O. The van der Waals surface area contributed by atoms with Crippen molar-refractivity contribution in [2.75, 3.05) is 0 Å². The minimum Gasteiger partial charge on any atom is -0.304 e. The monoisotopic (exact) mass is 230 g/mol. The zero-order valence-electron chi connectivity index (χ0n) is 9.84. The number of hydrogen-bond donors (Lipinski definition) is 1. The van der Waals surface area contributed by atoms with Gasteiger partial charge in [-0.05, 0) is 18.4 Å². The second kappa shape index (κ2) is 4.86. The largest absolute Gasteiger partial charge is 0.304 e. The standard InChI is InChI=1S/C12H14N4O/c1-8(2)6-9-7-10(17)16-12(15-9)11-13-4-3-5-14-11/h3-5,7-8H,6H2,1-2H3,(H,15,16,17). The zero-order valence-corrected chi connectivity index (χ0v) is 9.84. The van der Waals surface area contributed by atoms with Crippen LogP contribution >= 0.6 is 0 Å². The third-order valence-electron chi connectivity index (χ3n) is 2.19. The van der Waals surface area contributed by atoms with Gasteiger partial charge >= 0.3 is 0 Å². The highest BCUT2D eigenvalue weighted by molar-refractivity contribution is 5.41. The minimum atomic E-state index is -0.168. The Balaban J connectivity index is 2.42. The summed E-state index contributed by atoms with van der Waals surface area (Å²) < 4.78 is 0. The summed E-state index contributed by atoms with van der Waals surface area (Å²) in [5.41, 5.74) is 0.601. The van der Waals surface area contributed by atoms with E-state index in [1.165, 1.54) is 6.07 Å². The van der Waals surface area contributed by atoms with Crippen LogP contribution < -0.4 is 5.56 Å². The number of H-pyrrole nitrogens is 1. The van der Waals surface area contributed by atoms with Crippen LogP contribution in [-0.4, -0.2) is 19.9 Å². The molecule has 1 N–H and O–H groups in total. The van der Waals surface area contributed by atoms with Crippen molar-refractivity contribution < 1.29 is 0 Å². The van der Waals surface area contributed by atoms with Crippen molar-refractivity contribution >= 4 is 0 Å². The predicted octanol–water partition coefficient (Wildman–Crippen LogP) is 1.43. The van der Waals surface area contributed by atoms with Crippen molar-refractivity contribution in [1.82, 2.24) is 19.9 Å². The summed E-state index contributed by atoms with van der Waals surface area (Å²) >= 11 is 0. The van der Waals surface area contributed by atoms with Gasteiger partial charge in [0.25, 0.3) is 5.56 Å². The number of nitrogens with one attached hydrogen (secondary N) is 1. The summed E-state index contributed by atoms with van der Waals surface area (Å²) in [6.07, 6.45) is 4.01. The summed E-state index contributed by atoms with van der Waals surface area (Å²) in [6, 6.07) is 3.24. The summed E-state index contributed by atoms with van der Waals surface area (Å²) in [6.45, 7) is 4.17. The van der Waals surface area contributed by atoms with Gasteiger partial charge in [-0.15, -0.1) is 0 Å². The molecule has 0 fully saturated rings. The molecule has 0 unspecified atom stereocenters. The Morgan fingerprint density at radius 2 is 2.00 bits per heavy atom. The van der Waals surface area contributed by atoms with Crippen LogP contribution in [0, 0.1) is 5.92 Å². The molecule has 5 nitrogen and oxygen atoms in total. The topological polar surface area (TPSA) is 71.5 Å². The molecule has 2 aromatic rings. The van der Waals surface area contributed by atoms with Crippen molar-refractivity contribution in [3.8, 4) is 11.6 Å². The zero-order chi connectivity index (χ0) is 12.3. The average molecular weight is 230 g/mol. The lowest BCUT2D eigenvalue weighted by Gasteiger charge is -2.05. The molecule has 88 valence electrons. The third-order valence-corrected chi connectivity index (χ3v) is 2.19. The van der Waals surface area contributed by atoms with Gasteiger partial charge in [-0.25, -0.2) is 15.0 Å². The second-order valence-electron chi connectivity index (χ2n) is 4.26. The Morgan fingerprint density at radius 3 is 2.65 bits per heavy atom. The quantitative estimate of drug-likeness (QED) is 0.865. The summed E-state index contributed by atoms with van der Waals surface area (Å²) in [5.74, 6) is 1.32. The first-order chi connectivity index (χ1) is 8.15. The van der Waals surface area contributed by atoms with Crippen LogP contribution in [0.3, 0.4) is 0 Å². The number of nitrogens with zero attached hydrogens (tertiary/aromatic N) is 3. The number of rotatable bonds is 3. The molecule has 0 amide bonds. The fourth-order valence-corrected chi connectivity index (χ4v) is 1.56. The Hall–Kier alpha value is -2.04. The molecule has 0 aromatic carbocycles.